The number of halogens is 3. The van der Waals surface area contributed by atoms with Crippen LogP contribution in [-0.4, -0.2) is 10.2 Å². The quantitative estimate of drug-likeness (QED) is 0.282. The van der Waals surface area contributed by atoms with Crippen LogP contribution in [0.25, 0.3) is 6.08 Å². The van der Waals surface area contributed by atoms with E-state index >= 15 is 0 Å². The van der Waals surface area contributed by atoms with Crippen molar-refractivity contribution in [2.45, 2.75) is 6.61 Å². The standard InChI is InChI=1S/C23H14Cl2FNO2S2/c24-17-10-14(11-18(25)21(17)29-13-15-6-4-5-9-19(15)26)12-20-22(28)27(23(30)31-20)16-7-2-1-3-8-16/h1-12H,13H2/b20-12+. The number of ether oxygens (including phenoxy) is 1. The molecule has 0 saturated carbocycles. The van der Waals surface area contributed by atoms with Gasteiger partial charge in [-0.25, -0.2) is 4.39 Å². The number of para-hydroxylation sites is 1. The Morgan fingerprint density at radius 1 is 1.03 bits per heavy atom. The molecule has 156 valence electrons. The van der Waals surface area contributed by atoms with Crippen LogP contribution in [-0.2, 0) is 11.4 Å². The minimum atomic E-state index is -0.369. The molecular weight excluding hydrogens is 476 g/mol. The van der Waals surface area contributed by atoms with Gasteiger partial charge in [0.2, 0.25) is 0 Å². The van der Waals surface area contributed by atoms with E-state index in [2.05, 4.69) is 0 Å². The van der Waals surface area contributed by atoms with Crippen LogP contribution in [0.1, 0.15) is 11.1 Å². The lowest BCUT2D eigenvalue weighted by atomic mass is 10.2. The van der Waals surface area contributed by atoms with Gasteiger partial charge in [0, 0.05) is 5.56 Å². The number of carbonyl (C=O) groups is 1. The number of thiocarbonyl (C=S) groups is 1. The van der Waals surface area contributed by atoms with Crippen LogP contribution in [0.4, 0.5) is 10.1 Å². The van der Waals surface area contributed by atoms with Gasteiger partial charge in [-0.15, -0.1) is 0 Å². The summed E-state index contributed by atoms with van der Waals surface area (Å²) in [7, 11) is 0. The highest BCUT2D eigenvalue weighted by atomic mass is 35.5. The third-order valence-corrected chi connectivity index (χ3v) is 6.32. The fraction of sp³-hybridized carbons (Fsp3) is 0.0435. The van der Waals surface area contributed by atoms with Gasteiger partial charge < -0.3 is 4.74 Å². The number of rotatable bonds is 5. The van der Waals surface area contributed by atoms with Gasteiger partial charge in [0.15, 0.2) is 10.1 Å². The molecule has 4 rings (SSSR count). The first-order valence-corrected chi connectivity index (χ1v) is 11.1. The molecule has 3 aromatic carbocycles. The van der Waals surface area contributed by atoms with E-state index < -0.39 is 0 Å². The second-order valence-corrected chi connectivity index (χ2v) is 9.04. The van der Waals surface area contributed by atoms with Crippen LogP contribution in [0.2, 0.25) is 10.0 Å². The summed E-state index contributed by atoms with van der Waals surface area (Å²) in [6.07, 6.45) is 1.68. The topological polar surface area (TPSA) is 29.5 Å². The fourth-order valence-electron chi connectivity index (χ4n) is 2.98. The number of hydrogen-bond acceptors (Lipinski definition) is 4. The Labute approximate surface area is 198 Å². The second-order valence-electron chi connectivity index (χ2n) is 6.55. The number of thioether (sulfide) groups is 1. The predicted molar refractivity (Wildman–Crippen MR) is 129 cm³/mol. The predicted octanol–water partition coefficient (Wildman–Crippen LogP) is 7.12. The van der Waals surface area contributed by atoms with Gasteiger partial charge in [0.25, 0.3) is 5.91 Å². The van der Waals surface area contributed by atoms with Crippen molar-refractivity contribution >= 4 is 69.2 Å². The zero-order valence-electron chi connectivity index (χ0n) is 15.8. The van der Waals surface area contributed by atoms with Gasteiger partial charge in [-0.1, -0.05) is 83.6 Å². The molecule has 1 amide bonds. The van der Waals surface area contributed by atoms with Crippen molar-refractivity contribution in [3.8, 4) is 5.75 Å². The zero-order chi connectivity index (χ0) is 22.0. The number of nitrogens with zero attached hydrogens (tertiary/aromatic N) is 1. The van der Waals surface area contributed by atoms with E-state index in [0.29, 0.717) is 26.0 Å². The normalized spacial score (nSPS) is 15.1. The van der Waals surface area contributed by atoms with E-state index in [1.165, 1.54) is 22.7 Å². The molecule has 31 heavy (non-hydrogen) atoms. The summed E-state index contributed by atoms with van der Waals surface area (Å²) in [5.74, 6) is -0.333. The Kier molecular flexibility index (Phi) is 6.62. The van der Waals surface area contributed by atoms with Crippen molar-refractivity contribution in [1.29, 1.82) is 0 Å². The number of carbonyl (C=O) groups excluding carboxylic acids is 1. The van der Waals surface area contributed by atoms with Crippen LogP contribution < -0.4 is 9.64 Å². The van der Waals surface area contributed by atoms with E-state index in [1.807, 2.05) is 30.3 Å². The molecule has 3 nitrogen and oxygen atoms in total. The molecule has 0 bridgehead atoms. The summed E-state index contributed by atoms with van der Waals surface area (Å²) in [5.41, 5.74) is 1.73. The molecule has 1 saturated heterocycles. The maximum atomic E-state index is 13.8. The van der Waals surface area contributed by atoms with Crippen molar-refractivity contribution in [2.75, 3.05) is 4.90 Å². The van der Waals surface area contributed by atoms with Gasteiger partial charge in [0.1, 0.15) is 12.4 Å². The van der Waals surface area contributed by atoms with E-state index in [9.17, 15) is 9.18 Å². The molecule has 1 fully saturated rings. The average molecular weight is 490 g/mol. The van der Waals surface area contributed by atoms with E-state index in [1.54, 1.807) is 36.4 Å². The van der Waals surface area contributed by atoms with Crippen LogP contribution in [0.3, 0.4) is 0 Å². The lowest BCUT2D eigenvalue weighted by molar-refractivity contribution is -0.113. The molecule has 0 aromatic heterocycles. The fourth-order valence-corrected chi connectivity index (χ4v) is 4.90. The monoisotopic (exact) mass is 489 g/mol. The van der Waals surface area contributed by atoms with E-state index in [4.69, 9.17) is 40.2 Å². The third-order valence-electron chi connectivity index (χ3n) is 4.46. The number of hydrogen-bond donors (Lipinski definition) is 0. The molecule has 1 aliphatic heterocycles. The highest BCUT2D eigenvalue weighted by molar-refractivity contribution is 8.27. The Hall–Kier alpha value is -2.38. The van der Waals surface area contributed by atoms with Gasteiger partial charge in [-0.3, -0.25) is 9.69 Å². The lowest BCUT2D eigenvalue weighted by Crippen LogP contribution is -2.27. The summed E-state index contributed by atoms with van der Waals surface area (Å²) in [5, 5.41) is 0.516. The Bertz CT molecular complexity index is 1180. The SMILES string of the molecule is O=C1/C(=C\c2cc(Cl)c(OCc3ccccc3F)c(Cl)c2)SC(=S)N1c1ccccc1. The summed E-state index contributed by atoms with van der Waals surface area (Å²) in [6.45, 7) is -0.0127. The van der Waals surface area contributed by atoms with Crippen LogP contribution in [0.15, 0.2) is 71.6 Å². The summed E-state index contributed by atoms with van der Waals surface area (Å²) >= 11 is 19.3. The molecule has 1 heterocycles. The smallest absolute Gasteiger partial charge is 0.270 e. The minimum absolute atomic E-state index is 0.0127. The van der Waals surface area contributed by atoms with Crippen LogP contribution in [0, 0.1) is 5.82 Å². The summed E-state index contributed by atoms with van der Waals surface area (Å²) < 4.78 is 19.9. The van der Waals surface area contributed by atoms with Gasteiger partial charge >= 0.3 is 0 Å². The molecule has 0 spiro atoms. The zero-order valence-corrected chi connectivity index (χ0v) is 19.0. The molecule has 8 heteroatoms. The first-order valence-electron chi connectivity index (χ1n) is 9.12. The highest BCUT2D eigenvalue weighted by Crippen LogP contribution is 2.39. The summed E-state index contributed by atoms with van der Waals surface area (Å²) in [4.78, 5) is 14.8. The van der Waals surface area contributed by atoms with Crippen LogP contribution in [0.5, 0.6) is 5.75 Å². The number of benzene rings is 3. The lowest BCUT2D eigenvalue weighted by Gasteiger charge is -2.14. The molecule has 0 radical (unpaired) electrons. The van der Waals surface area contributed by atoms with Gasteiger partial charge in [-0.2, -0.15) is 0 Å². The highest BCUT2D eigenvalue weighted by Gasteiger charge is 2.33. The van der Waals surface area contributed by atoms with Gasteiger partial charge in [-0.05, 0) is 42.0 Å². The Morgan fingerprint density at radius 3 is 2.35 bits per heavy atom. The maximum absolute atomic E-state index is 13.8. The largest absolute Gasteiger partial charge is 0.486 e. The van der Waals surface area contributed by atoms with Crippen molar-refractivity contribution in [3.63, 3.8) is 0 Å². The summed E-state index contributed by atoms with van der Waals surface area (Å²) in [6, 6.07) is 18.8. The number of anilines is 1. The second kappa shape index (κ2) is 9.40. The molecule has 0 aliphatic carbocycles. The molecule has 1 aliphatic rings. The Balaban J connectivity index is 1.56. The Morgan fingerprint density at radius 2 is 1.68 bits per heavy atom. The molecular formula is C23H14Cl2FNO2S2. The van der Waals surface area contributed by atoms with Crippen LogP contribution >= 0.6 is 47.2 Å². The van der Waals surface area contributed by atoms with Crippen molar-refractivity contribution in [2.24, 2.45) is 0 Å². The molecule has 3 aromatic rings. The maximum Gasteiger partial charge on any atom is 0.270 e. The first-order chi connectivity index (χ1) is 14.9. The van der Waals surface area contributed by atoms with Crippen molar-refractivity contribution < 1.29 is 13.9 Å². The first kappa shape index (κ1) is 21.8. The minimum Gasteiger partial charge on any atom is -0.486 e. The van der Waals surface area contributed by atoms with Gasteiger partial charge in [0.05, 0.1) is 20.6 Å². The molecule has 0 atom stereocenters. The molecule has 0 unspecified atom stereocenters. The average Bonchev–Trinajstić information content (AvgIpc) is 3.02. The van der Waals surface area contributed by atoms with E-state index in [0.717, 1.165) is 0 Å². The third kappa shape index (κ3) is 4.77. The molecule has 0 N–H and O–H groups in total. The van der Waals surface area contributed by atoms with Crippen molar-refractivity contribution in [1.82, 2.24) is 0 Å². The number of amides is 1. The van der Waals surface area contributed by atoms with E-state index in [-0.39, 0.29) is 34.1 Å². The van der Waals surface area contributed by atoms with Crippen molar-refractivity contribution in [3.05, 3.63) is 98.6 Å².